The Morgan fingerprint density at radius 2 is 2.33 bits per heavy atom. The molecule has 2 saturated heterocycles. The molecule has 0 bridgehead atoms. The third-order valence-corrected chi connectivity index (χ3v) is 5.41. The van der Waals surface area contributed by atoms with Crippen LogP contribution in [0.5, 0.6) is 0 Å². The number of hydrogen-bond donors (Lipinski definition) is 0. The lowest BCUT2D eigenvalue weighted by atomic mass is 9.94. The Balaban J connectivity index is 1.55. The van der Waals surface area contributed by atoms with Crippen molar-refractivity contribution in [2.24, 2.45) is 0 Å². The Kier molecular flexibility index (Phi) is 4.15. The molecule has 0 saturated carbocycles. The van der Waals surface area contributed by atoms with Crippen LogP contribution in [0.15, 0.2) is 21.9 Å². The molecular formula is C17H20N2O4S. The average molecular weight is 348 g/mol. The van der Waals surface area contributed by atoms with Crippen LogP contribution in [0.25, 0.3) is 10.8 Å². The van der Waals surface area contributed by atoms with Gasteiger partial charge in [-0.3, -0.25) is 4.79 Å². The molecule has 6 nitrogen and oxygen atoms in total. The van der Waals surface area contributed by atoms with Crippen LogP contribution in [0.3, 0.4) is 0 Å². The van der Waals surface area contributed by atoms with Gasteiger partial charge in [0.05, 0.1) is 24.6 Å². The molecule has 1 unspecified atom stereocenters. The second kappa shape index (κ2) is 6.31. The first-order chi connectivity index (χ1) is 11.7. The fraction of sp³-hybridized carbons (Fsp3) is 0.529. The van der Waals surface area contributed by atoms with Gasteiger partial charge in [0.1, 0.15) is 11.4 Å². The van der Waals surface area contributed by atoms with Crippen molar-refractivity contribution < 1.29 is 18.7 Å². The van der Waals surface area contributed by atoms with E-state index in [9.17, 15) is 4.79 Å². The topological polar surface area (TPSA) is 64.8 Å². The molecule has 128 valence electrons. The molecule has 1 atom stereocenters. The molecule has 2 aliphatic rings. The van der Waals surface area contributed by atoms with Gasteiger partial charge in [0.15, 0.2) is 5.69 Å². The summed E-state index contributed by atoms with van der Waals surface area (Å²) in [6.45, 7) is 4.76. The Hall–Kier alpha value is -1.70. The lowest BCUT2D eigenvalue weighted by molar-refractivity contribution is -0.160. The van der Waals surface area contributed by atoms with Crippen LogP contribution < -0.4 is 0 Å². The number of carbonyl (C=O) groups excluding carboxylic acids is 1. The standard InChI is InChI=1S/C17H20N2O4S/c1-12-14(18-15(23-12)13-4-2-9-24-13)16(20)19-6-8-22-17(10-19)5-3-7-21-11-17/h2,4,9H,3,5-8,10-11H2,1H3. The van der Waals surface area contributed by atoms with E-state index < -0.39 is 0 Å². The van der Waals surface area contributed by atoms with E-state index >= 15 is 0 Å². The number of hydrogen-bond acceptors (Lipinski definition) is 6. The fourth-order valence-electron chi connectivity index (χ4n) is 3.33. The molecule has 2 aromatic heterocycles. The lowest BCUT2D eigenvalue weighted by Crippen LogP contribution is -2.57. The predicted octanol–water partition coefficient (Wildman–Crippen LogP) is 2.73. The largest absolute Gasteiger partial charge is 0.440 e. The number of amides is 1. The normalized spacial score (nSPS) is 24.5. The first kappa shape index (κ1) is 15.8. The van der Waals surface area contributed by atoms with Crippen LogP contribution >= 0.6 is 11.3 Å². The van der Waals surface area contributed by atoms with Crippen LogP contribution in [0, 0.1) is 6.92 Å². The Morgan fingerprint density at radius 3 is 3.08 bits per heavy atom. The zero-order valence-electron chi connectivity index (χ0n) is 13.6. The number of rotatable bonds is 2. The van der Waals surface area contributed by atoms with Crippen molar-refractivity contribution >= 4 is 17.2 Å². The van der Waals surface area contributed by atoms with E-state index in [0.717, 1.165) is 24.3 Å². The summed E-state index contributed by atoms with van der Waals surface area (Å²) in [5.41, 5.74) is 0.0348. The second-order valence-electron chi connectivity index (χ2n) is 6.32. The average Bonchev–Trinajstić information content (AvgIpc) is 3.24. The summed E-state index contributed by atoms with van der Waals surface area (Å²) in [7, 11) is 0. The summed E-state index contributed by atoms with van der Waals surface area (Å²) in [6.07, 6.45) is 1.89. The maximum Gasteiger partial charge on any atom is 0.276 e. The molecule has 4 heterocycles. The zero-order valence-corrected chi connectivity index (χ0v) is 14.4. The van der Waals surface area contributed by atoms with Gasteiger partial charge in [-0.05, 0) is 31.2 Å². The van der Waals surface area contributed by atoms with Crippen LogP contribution in [-0.2, 0) is 9.47 Å². The predicted molar refractivity (Wildman–Crippen MR) is 89.2 cm³/mol. The summed E-state index contributed by atoms with van der Waals surface area (Å²) in [5, 5.41) is 1.96. The van der Waals surface area contributed by atoms with Crippen molar-refractivity contribution in [3.8, 4) is 10.8 Å². The quantitative estimate of drug-likeness (QED) is 0.835. The maximum atomic E-state index is 12.9. The number of carbonyl (C=O) groups is 1. The summed E-state index contributed by atoms with van der Waals surface area (Å²) >= 11 is 1.55. The highest BCUT2D eigenvalue weighted by Crippen LogP contribution is 2.30. The van der Waals surface area contributed by atoms with Gasteiger partial charge in [-0.2, -0.15) is 0 Å². The van der Waals surface area contributed by atoms with Crippen molar-refractivity contribution in [3.05, 3.63) is 29.0 Å². The molecule has 2 fully saturated rings. The minimum Gasteiger partial charge on any atom is -0.440 e. The van der Waals surface area contributed by atoms with E-state index in [1.807, 2.05) is 22.4 Å². The highest BCUT2D eigenvalue weighted by molar-refractivity contribution is 7.13. The fourth-order valence-corrected chi connectivity index (χ4v) is 3.98. The second-order valence-corrected chi connectivity index (χ2v) is 7.26. The van der Waals surface area contributed by atoms with E-state index in [1.54, 1.807) is 18.3 Å². The van der Waals surface area contributed by atoms with Crippen LogP contribution in [0.1, 0.15) is 29.1 Å². The van der Waals surface area contributed by atoms with Gasteiger partial charge >= 0.3 is 0 Å². The van der Waals surface area contributed by atoms with E-state index in [4.69, 9.17) is 13.9 Å². The number of thiophene rings is 1. The van der Waals surface area contributed by atoms with Crippen molar-refractivity contribution in [2.75, 3.05) is 32.9 Å². The van der Waals surface area contributed by atoms with Gasteiger partial charge in [-0.1, -0.05) is 6.07 Å². The molecule has 1 spiro atoms. The van der Waals surface area contributed by atoms with Gasteiger partial charge < -0.3 is 18.8 Å². The summed E-state index contributed by atoms with van der Waals surface area (Å²) < 4.78 is 17.2. The summed E-state index contributed by atoms with van der Waals surface area (Å²) in [6, 6.07) is 3.88. The molecule has 0 radical (unpaired) electrons. The van der Waals surface area contributed by atoms with E-state index in [1.165, 1.54) is 0 Å². The van der Waals surface area contributed by atoms with E-state index in [0.29, 0.717) is 43.6 Å². The zero-order chi connectivity index (χ0) is 16.6. The molecule has 0 N–H and O–H groups in total. The molecule has 24 heavy (non-hydrogen) atoms. The van der Waals surface area contributed by atoms with Crippen molar-refractivity contribution in [1.82, 2.24) is 9.88 Å². The minimum absolute atomic E-state index is 0.0905. The van der Waals surface area contributed by atoms with Crippen molar-refractivity contribution in [2.45, 2.75) is 25.4 Å². The Morgan fingerprint density at radius 1 is 1.42 bits per heavy atom. The number of ether oxygens (including phenoxy) is 2. The number of oxazole rings is 1. The lowest BCUT2D eigenvalue weighted by Gasteiger charge is -2.44. The molecular weight excluding hydrogens is 328 g/mol. The molecule has 4 rings (SSSR count). The van der Waals surface area contributed by atoms with Crippen LogP contribution in [0.2, 0.25) is 0 Å². The van der Waals surface area contributed by atoms with Crippen LogP contribution in [0.4, 0.5) is 0 Å². The number of aromatic nitrogens is 1. The van der Waals surface area contributed by atoms with Gasteiger partial charge in [0.25, 0.3) is 5.91 Å². The van der Waals surface area contributed by atoms with Gasteiger partial charge in [0.2, 0.25) is 5.89 Å². The van der Waals surface area contributed by atoms with Gasteiger partial charge in [-0.25, -0.2) is 4.98 Å². The third kappa shape index (κ3) is 2.87. The number of aryl methyl sites for hydroxylation is 1. The van der Waals surface area contributed by atoms with Gasteiger partial charge in [-0.15, -0.1) is 11.3 Å². The number of nitrogens with zero attached hydrogens (tertiary/aromatic N) is 2. The number of morpholine rings is 1. The smallest absolute Gasteiger partial charge is 0.276 e. The molecule has 7 heteroatoms. The Bertz CT molecular complexity index is 714. The monoisotopic (exact) mass is 348 g/mol. The molecule has 2 aliphatic heterocycles. The molecule has 0 aromatic carbocycles. The Labute approximate surface area is 144 Å². The first-order valence-corrected chi connectivity index (χ1v) is 9.07. The van der Waals surface area contributed by atoms with E-state index in [2.05, 4.69) is 4.98 Å². The maximum absolute atomic E-state index is 12.9. The molecule has 0 aliphatic carbocycles. The van der Waals surface area contributed by atoms with Crippen LogP contribution in [-0.4, -0.2) is 54.3 Å². The SMILES string of the molecule is Cc1oc(-c2cccs2)nc1C(=O)N1CCOC2(CCCOC2)C1. The summed E-state index contributed by atoms with van der Waals surface area (Å²) in [4.78, 5) is 20.1. The third-order valence-electron chi connectivity index (χ3n) is 4.55. The van der Waals surface area contributed by atoms with Crippen molar-refractivity contribution in [3.63, 3.8) is 0 Å². The highest BCUT2D eigenvalue weighted by Gasteiger charge is 2.41. The molecule has 1 amide bonds. The highest BCUT2D eigenvalue weighted by atomic mass is 32.1. The first-order valence-electron chi connectivity index (χ1n) is 8.19. The molecule has 2 aromatic rings. The minimum atomic E-state index is -0.361. The summed E-state index contributed by atoms with van der Waals surface area (Å²) in [5.74, 6) is 0.978. The van der Waals surface area contributed by atoms with Crippen molar-refractivity contribution in [1.29, 1.82) is 0 Å². The van der Waals surface area contributed by atoms with Gasteiger partial charge in [0, 0.05) is 13.2 Å². The van der Waals surface area contributed by atoms with E-state index in [-0.39, 0.29) is 11.5 Å².